The van der Waals surface area contributed by atoms with Crippen molar-refractivity contribution in [1.29, 1.82) is 0 Å². The van der Waals surface area contributed by atoms with Crippen LogP contribution < -0.4 is 10.0 Å². The minimum Gasteiger partial charge on any atom is -0.464 e. The standard InChI is InChI=1S/C19H21N3O6S/c1-3-4-17(23)21-11-13-5-8-15(9-6-13)29(26,27)22-18(24)14-7-10-16(20-12-14)19(25)28-2/h5-10,12H,3-4,11H2,1-2H3,(H,21,23)(H,22,24). The van der Waals surface area contributed by atoms with Gasteiger partial charge in [-0.1, -0.05) is 19.1 Å². The second kappa shape index (κ2) is 9.78. The second-order valence-corrected chi connectivity index (χ2v) is 7.71. The number of hydrogen-bond donors (Lipinski definition) is 2. The lowest BCUT2D eigenvalue weighted by Gasteiger charge is -2.09. The fraction of sp³-hybridized carbons (Fsp3) is 0.263. The maximum Gasteiger partial charge on any atom is 0.356 e. The number of sulfonamides is 1. The number of esters is 1. The van der Waals surface area contributed by atoms with E-state index in [0.717, 1.165) is 18.2 Å². The topological polar surface area (TPSA) is 132 Å². The highest BCUT2D eigenvalue weighted by Gasteiger charge is 2.19. The first-order valence-corrected chi connectivity index (χ1v) is 10.2. The van der Waals surface area contributed by atoms with Gasteiger partial charge in [-0.05, 0) is 36.2 Å². The number of nitrogens with one attached hydrogen (secondary N) is 2. The fourth-order valence-electron chi connectivity index (χ4n) is 2.30. The molecule has 0 atom stereocenters. The summed E-state index contributed by atoms with van der Waals surface area (Å²) < 4.78 is 31.3. The molecule has 0 spiro atoms. The lowest BCUT2D eigenvalue weighted by molar-refractivity contribution is -0.121. The number of nitrogens with zero attached hydrogens (tertiary/aromatic N) is 1. The molecule has 0 radical (unpaired) electrons. The SMILES string of the molecule is CCCC(=O)NCc1ccc(S(=O)(=O)NC(=O)c2ccc(C(=O)OC)nc2)cc1. The van der Waals surface area contributed by atoms with Gasteiger partial charge in [-0.25, -0.2) is 22.9 Å². The van der Waals surface area contributed by atoms with E-state index in [0.29, 0.717) is 6.42 Å². The van der Waals surface area contributed by atoms with Gasteiger partial charge < -0.3 is 10.1 Å². The van der Waals surface area contributed by atoms with Crippen LogP contribution in [0.25, 0.3) is 0 Å². The van der Waals surface area contributed by atoms with Gasteiger partial charge in [0, 0.05) is 19.2 Å². The maximum atomic E-state index is 12.4. The third-order valence-electron chi connectivity index (χ3n) is 3.85. The van der Waals surface area contributed by atoms with Crippen molar-refractivity contribution in [3.05, 3.63) is 59.4 Å². The molecule has 1 aromatic carbocycles. The summed E-state index contributed by atoms with van der Waals surface area (Å²) in [4.78, 5) is 38.7. The average molecular weight is 419 g/mol. The van der Waals surface area contributed by atoms with Crippen molar-refractivity contribution in [2.45, 2.75) is 31.2 Å². The Balaban J connectivity index is 2.03. The summed E-state index contributed by atoms with van der Waals surface area (Å²) in [6.45, 7) is 2.18. The minimum atomic E-state index is -4.10. The van der Waals surface area contributed by atoms with Crippen molar-refractivity contribution in [2.24, 2.45) is 0 Å². The Kier molecular flexibility index (Phi) is 7.43. The van der Waals surface area contributed by atoms with Crippen LogP contribution in [0.4, 0.5) is 0 Å². The van der Waals surface area contributed by atoms with Crippen molar-refractivity contribution < 1.29 is 27.5 Å². The summed E-state index contributed by atoms with van der Waals surface area (Å²) in [6.07, 6.45) is 2.25. The van der Waals surface area contributed by atoms with Crippen LogP contribution in [0.15, 0.2) is 47.5 Å². The molecule has 1 aromatic heterocycles. The molecule has 10 heteroatoms. The number of pyridine rings is 1. The van der Waals surface area contributed by atoms with E-state index in [1.807, 2.05) is 11.6 Å². The summed E-state index contributed by atoms with van der Waals surface area (Å²) >= 11 is 0. The Morgan fingerprint density at radius 3 is 2.31 bits per heavy atom. The Bertz CT molecular complexity index is 986. The van der Waals surface area contributed by atoms with Gasteiger partial charge in [0.1, 0.15) is 5.69 Å². The highest BCUT2D eigenvalue weighted by Crippen LogP contribution is 2.12. The van der Waals surface area contributed by atoms with Gasteiger partial charge in [0.05, 0.1) is 17.6 Å². The highest BCUT2D eigenvalue weighted by atomic mass is 32.2. The summed E-state index contributed by atoms with van der Waals surface area (Å²) in [5.41, 5.74) is 0.687. The monoisotopic (exact) mass is 419 g/mol. The normalized spacial score (nSPS) is 10.8. The summed E-state index contributed by atoms with van der Waals surface area (Å²) in [5, 5.41) is 2.73. The average Bonchev–Trinajstić information content (AvgIpc) is 2.72. The van der Waals surface area contributed by atoms with Crippen molar-refractivity contribution in [3.63, 3.8) is 0 Å². The van der Waals surface area contributed by atoms with Crippen LogP contribution in [-0.4, -0.2) is 38.3 Å². The summed E-state index contributed by atoms with van der Waals surface area (Å²) in [6, 6.07) is 8.32. The van der Waals surface area contributed by atoms with Crippen molar-refractivity contribution in [3.8, 4) is 0 Å². The second-order valence-electron chi connectivity index (χ2n) is 6.03. The molecule has 0 fully saturated rings. The molecule has 2 aromatic rings. The number of benzene rings is 1. The molecule has 0 aliphatic heterocycles. The Hall–Kier alpha value is -3.27. The van der Waals surface area contributed by atoms with Crippen molar-refractivity contribution in [1.82, 2.24) is 15.0 Å². The smallest absolute Gasteiger partial charge is 0.356 e. The van der Waals surface area contributed by atoms with E-state index in [4.69, 9.17) is 0 Å². The number of ether oxygens (including phenoxy) is 1. The van der Waals surface area contributed by atoms with E-state index in [1.54, 1.807) is 12.1 Å². The summed E-state index contributed by atoms with van der Waals surface area (Å²) in [7, 11) is -2.91. The first-order chi connectivity index (χ1) is 13.8. The number of carbonyl (C=O) groups excluding carboxylic acids is 3. The van der Waals surface area contributed by atoms with Crippen LogP contribution >= 0.6 is 0 Å². The lowest BCUT2D eigenvalue weighted by Crippen LogP contribution is -2.30. The van der Waals surface area contributed by atoms with E-state index in [9.17, 15) is 22.8 Å². The van der Waals surface area contributed by atoms with Crippen LogP contribution in [0.5, 0.6) is 0 Å². The third kappa shape index (κ3) is 6.11. The Morgan fingerprint density at radius 1 is 1.07 bits per heavy atom. The van der Waals surface area contributed by atoms with Crippen LogP contribution in [0.2, 0.25) is 0 Å². The predicted molar refractivity (Wildman–Crippen MR) is 103 cm³/mol. The van der Waals surface area contributed by atoms with E-state index < -0.39 is 21.9 Å². The number of rotatable bonds is 8. The zero-order valence-corrected chi connectivity index (χ0v) is 16.8. The molecule has 9 nitrogen and oxygen atoms in total. The number of hydrogen-bond acceptors (Lipinski definition) is 7. The molecule has 0 aliphatic carbocycles. The molecular formula is C19H21N3O6S. The third-order valence-corrected chi connectivity index (χ3v) is 5.19. The quantitative estimate of drug-likeness (QED) is 0.618. The van der Waals surface area contributed by atoms with E-state index >= 15 is 0 Å². The van der Waals surface area contributed by atoms with Gasteiger partial charge >= 0.3 is 5.97 Å². The Labute approximate surface area is 168 Å². The summed E-state index contributed by atoms with van der Waals surface area (Å²) in [5.74, 6) is -1.64. The largest absolute Gasteiger partial charge is 0.464 e. The molecule has 2 amide bonds. The maximum absolute atomic E-state index is 12.4. The number of amides is 2. The van der Waals surface area contributed by atoms with Gasteiger partial charge in [-0.2, -0.15) is 0 Å². The van der Waals surface area contributed by atoms with Crippen LogP contribution in [0.3, 0.4) is 0 Å². The molecule has 0 bridgehead atoms. The molecule has 1 heterocycles. The minimum absolute atomic E-state index is 0.00600. The molecule has 0 unspecified atom stereocenters. The molecule has 29 heavy (non-hydrogen) atoms. The van der Waals surface area contributed by atoms with Gasteiger partial charge in [0.2, 0.25) is 5.91 Å². The molecule has 0 saturated heterocycles. The van der Waals surface area contributed by atoms with Crippen LogP contribution in [0, 0.1) is 0 Å². The van der Waals surface area contributed by atoms with Gasteiger partial charge in [-0.15, -0.1) is 0 Å². The van der Waals surface area contributed by atoms with Gasteiger partial charge in [0.25, 0.3) is 15.9 Å². The van der Waals surface area contributed by atoms with Gasteiger partial charge in [0.15, 0.2) is 0 Å². The first-order valence-electron chi connectivity index (χ1n) is 8.74. The Morgan fingerprint density at radius 2 is 1.76 bits per heavy atom. The molecule has 0 saturated carbocycles. The molecular weight excluding hydrogens is 398 g/mol. The lowest BCUT2D eigenvalue weighted by atomic mass is 10.2. The molecule has 0 aliphatic rings. The van der Waals surface area contributed by atoms with Crippen LogP contribution in [0.1, 0.15) is 46.2 Å². The zero-order valence-electron chi connectivity index (χ0n) is 16.0. The number of methoxy groups -OCH3 is 1. The van der Waals surface area contributed by atoms with Crippen molar-refractivity contribution in [2.75, 3.05) is 7.11 Å². The van der Waals surface area contributed by atoms with E-state index in [2.05, 4.69) is 15.0 Å². The molecule has 154 valence electrons. The van der Waals surface area contributed by atoms with Crippen molar-refractivity contribution >= 4 is 27.8 Å². The fourth-order valence-corrected chi connectivity index (χ4v) is 3.27. The molecule has 2 rings (SSSR count). The zero-order chi connectivity index (χ0) is 21.4. The van der Waals surface area contributed by atoms with Gasteiger partial charge in [-0.3, -0.25) is 9.59 Å². The van der Waals surface area contributed by atoms with Crippen LogP contribution in [-0.2, 0) is 26.1 Å². The van der Waals surface area contributed by atoms with E-state index in [-0.39, 0.29) is 28.6 Å². The highest BCUT2D eigenvalue weighted by molar-refractivity contribution is 7.90. The predicted octanol–water partition coefficient (Wildman–Crippen LogP) is 1.40. The first kappa shape index (κ1) is 22.0. The number of carbonyl (C=O) groups is 3. The van der Waals surface area contributed by atoms with E-state index in [1.165, 1.54) is 31.4 Å². The number of aromatic nitrogens is 1. The molecule has 2 N–H and O–H groups in total.